The van der Waals surface area contributed by atoms with Gasteiger partial charge in [0.05, 0.1) is 0 Å². The van der Waals surface area contributed by atoms with Crippen LogP contribution in [-0.2, 0) is 0 Å². The summed E-state index contributed by atoms with van der Waals surface area (Å²) in [5, 5.41) is 1.43. The van der Waals surface area contributed by atoms with Crippen LogP contribution < -0.4 is 5.73 Å². The highest BCUT2D eigenvalue weighted by molar-refractivity contribution is 6.31. The van der Waals surface area contributed by atoms with Gasteiger partial charge in [0.15, 0.2) is 5.78 Å². The molecule has 0 aliphatic rings. The highest BCUT2D eigenvalue weighted by atomic mass is 35.5. The van der Waals surface area contributed by atoms with E-state index in [9.17, 15) is 4.79 Å². The summed E-state index contributed by atoms with van der Waals surface area (Å²) in [5.41, 5.74) is 9.40. The summed E-state index contributed by atoms with van der Waals surface area (Å²) in [6, 6.07) is 10.8. The van der Waals surface area contributed by atoms with Crippen LogP contribution in [0.1, 0.15) is 21.5 Å². The molecule has 2 aromatic carbocycles. The van der Waals surface area contributed by atoms with Crippen molar-refractivity contribution in [2.45, 2.75) is 6.92 Å². The first kappa shape index (κ1) is 12.8. The third-order valence-corrected chi connectivity index (χ3v) is 3.74. The number of nitrogens with two attached hydrogens (primary N) is 1. The van der Waals surface area contributed by atoms with E-state index in [0.29, 0.717) is 21.8 Å². The van der Waals surface area contributed by atoms with E-state index in [4.69, 9.17) is 17.3 Å². The number of anilines is 1. The van der Waals surface area contributed by atoms with Crippen molar-refractivity contribution in [1.29, 1.82) is 0 Å². The normalized spacial score (nSPS) is 10.9. The highest BCUT2D eigenvalue weighted by Crippen LogP contribution is 2.26. The fourth-order valence-electron chi connectivity index (χ4n) is 2.33. The molecule has 0 bridgehead atoms. The number of rotatable bonds is 2. The second kappa shape index (κ2) is 4.69. The van der Waals surface area contributed by atoms with Gasteiger partial charge in [0, 0.05) is 38.9 Å². The molecule has 0 fully saturated rings. The number of fused-ring (bicyclic) bond motifs is 1. The molecule has 3 nitrogen and oxygen atoms in total. The van der Waals surface area contributed by atoms with Crippen LogP contribution >= 0.6 is 11.6 Å². The van der Waals surface area contributed by atoms with Crippen LogP contribution in [0.15, 0.2) is 42.6 Å². The minimum Gasteiger partial charge on any atom is -0.398 e. The predicted molar refractivity (Wildman–Crippen MR) is 82.3 cm³/mol. The van der Waals surface area contributed by atoms with Crippen LogP contribution in [0.5, 0.6) is 0 Å². The largest absolute Gasteiger partial charge is 0.398 e. The number of hydrogen-bond acceptors (Lipinski definition) is 2. The van der Waals surface area contributed by atoms with Crippen LogP contribution in [0.4, 0.5) is 5.69 Å². The fraction of sp³-hybridized carbons (Fsp3) is 0.0625. The number of nitrogens with one attached hydrogen (secondary N) is 1. The van der Waals surface area contributed by atoms with Crippen molar-refractivity contribution in [3.8, 4) is 0 Å². The molecule has 0 atom stereocenters. The van der Waals surface area contributed by atoms with Crippen LogP contribution in [0.25, 0.3) is 10.9 Å². The maximum Gasteiger partial charge on any atom is 0.195 e. The molecule has 3 N–H and O–H groups in total. The van der Waals surface area contributed by atoms with Gasteiger partial charge in [-0.15, -0.1) is 0 Å². The van der Waals surface area contributed by atoms with Crippen LogP contribution in [0, 0.1) is 6.92 Å². The Labute approximate surface area is 121 Å². The molecule has 3 aromatic rings. The van der Waals surface area contributed by atoms with Gasteiger partial charge >= 0.3 is 0 Å². The first-order valence-electron chi connectivity index (χ1n) is 6.24. The molecule has 0 aliphatic carbocycles. The number of ketones is 1. The number of carbonyl (C=O) groups excluding carboxylic acids is 1. The molecule has 0 unspecified atom stereocenters. The number of benzene rings is 2. The lowest BCUT2D eigenvalue weighted by Gasteiger charge is -2.06. The van der Waals surface area contributed by atoms with Gasteiger partial charge in [-0.25, -0.2) is 0 Å². The van der Waals surface area contributed by atoms with E-state index in [2.05, 4.69) is 4.98 Å². The average Bonchev–Trinajstić information content (AvgIpc) is 2.84. The first-order chi connectivity index (χ1) is 9.58. The lowest BCUT2D eigenvalue weighted by molar-refractivity contribution is 0.104. The minimum atomic E-state index is -0.0525. The summed E-state index contributed by atoms with van der Waals surface area (Å²) in [7, 11) is 0. The molecular weight excluding hydrogens is 272 g/mol. The van der Waals surface area contributed by atoms with Gasteiger partial charge in [0.1, 0.15) is 0 Å². The van der Waals surface area contributed by atoms with E-state index in [0.717, 1.165) is 16.5 Å². The molecule has 0 amide bonds. The maximum absolute atomic E-state index is 12.7. The van der Waals surface area contributed by atoms with E-state index < -0.39 is 0 Å². The number of H-pyrrole nitrogens is 1. The third kappa shape index (κ3) is 1.96. The second-order valence-electron chi connectivity index (χ2n) is 4.74. The second-order valence-corrected chi connectivity index (χ2v) is 5.18. The Kier molecular flexibility index (Phi) is 2.99. The van der Waals surface area contributed by atoms with Crippen molar-refractivity contribution in [2.24, 2.45) is 0 Å². The number of halogens is 1. The fourth-order valence-corrected chi connectivity index (χ4v) is 2.50. The molecule has 0 radical (unpaired) electrons. The Morgan fingerprint density at radius 3 is 2.80 bits per heavy atom. The monoisotopic (exact) mass is 284 g/mol. The van der Waals surface area contributed by atoms with Gasteiger partial charge in [-0.3, -0.25) is 4.79 Å². The van der Waals surface area contributed by atoms with Crippen LogP contribution in [-0.4, -0.2) is 10.8 Å². The van der Waals surface area contributed by atoms with Crippen molar-refractivity contribution in [3.63, 3.8) is 0 Å². The standard InChI is InChI=1S/C16H13ClN2O/c1-9-11(3-2-4-14(9)18)16(20)13-8-19-15-6-5-10(17)7-12(13)15/h2-8,19H,18H2,1H3. The summed E-state index contributed by atoms with van der Waals surface area (Å²) in [5.74, 6) is -0.0525. The number of hydrogen-bond donors (Lipinski definition) is 2. The Bertz CT molecular complexity index is 820. The number of aromatic nitrogens is 1. The van der Waals surface area contributed by atoms with Gasteiger partial charge < -0.3 is 10.7 Å². The zero-order valence-electron chi connectivity index (χ0n) is 10.9. The number of carbonyl (C=O) groups is 1. The van der Waals surface area contributed by atoms with Gasteiger partial charge in [0.2, 0.25) is 0 Å². The molecule has 4 heteroatoms. The summed E-state index contributed by atoms with van der Waals surface area (Å²) < 4.78 is 0. The van der Waals surface area contributed by atoms with E-state index >= 15 is 0 Å². The third-order valence-electron chi connectivity index (χ3n) is 3.51. The maximum atomic E-state index is 12.7. The summed E-state index contributed by atoms with van der Waals surface area (Å²) >= 11 is 6.01. The van der Waals surface area contributed by atoms with Crippen molar-refractivity contribution in [1.82, 2.24) is 4.98 Å². The quantitative estimate of drug-likeness (QED) is 0.553. The van der Waals surface area contributed by atoms with E-state index in [-0.39, 0.29) is 5.78 Å². The zero-order chi connectivity index (χ0) is 14.3. The van der Waals surface area contributed by atoms with Crippen molar-refractivity contribution in [3.05, 3.63) is 64.3 Å². The molecule has 100 valence electrons. The molecule has 1 aromatic heterocycles. The topological polar surface area (TPSA) is 58.9 Å². The molecule has 0 spiro atoms. The molecular formula is C16H13ClN2O. The van der Waals surface area contributed by atoms with E-state index in [1.165, 1.54) is 0 Å². The number of aromatic amines is 1. The minimum absolute atomic E-state index is 0.0525. The van der Waals surface area contributed by atoms with Crippen molar-refractivity contribution >= 4 is 34.0 Å². The highest BCUT2D eigenvalue weighted by Gasteiger charge is 2.17. The SMILES string of the molecule is Cc1c(N)cccc1C(=O)c1c[nH]c2ccc(Cl)cc12. The number of nitrogen functional groups attached to an aromatic ring is 1. The Hall–Kier alpha value is -2.26. The van der Waals surface area contributed by atoms with Gasteiger partial charge in [0.25, 0.3) is 0 Å². The van der Waals surface area contributed by atoms with E-state index in [1.54, 1.807) is 36.5 Å². The molecule has 3 rings (SSSR count). The lowest BCUT2D eigenvalue weighted by Crippen LogP contribution is -2.05. The van der Waals surface area contributed by atoms with Gasteiger partial charge in [-0.2, -0.15) is 0 Å². The Balaban J connectivity index is 2.18. The lowest BCUT2D eigenvalue weighted by atomic mass is 9.98. The summed E-state index contributed by atoms with van der Waals surface area (Å²) in [6.07, 6.45) is 1.71. The van der Waals surface area contributed by atoms with Gasteiger partial charge in [-0.05, 0) is 36.8 Å². The molecule has 20 heavy (non-hydrogen) atoms. The molecule has 1 heterocycles. The van der Waals surface area contributed by atoms with Gasteiger partial charge in [-0.1, -0.05) is 23.7 Å². The molecule has 0 saturated heterocycles. The zero-order valence-corrected chi connectivity index (χ0v) is 11.7. The average molecular weight is 285 g/mol. The summed E-state index contributed by atoms with van der Waals surface area (Å²) in [4.78, 5) is 15.8. The Morgan fingerprint density at radius 2 is 2.00 bits per heavy atom. The van der Waals surface area contributed by atoms with Crippen molar-refractivity contribution < 1.29 is 4.79 Å². The first-order valence-corrected chi connectivity index (χ1v) is 6.62. The van der Waals surface area contributed by atoms with E-state index in [1.807, 2.05) is 13.0 Å². The predicted octanol–water partition coefficient (Wildman–Crippen LogP) is 3.94. The van der Waals surface area contributed by atoms with Crippen LogP contribution in [0.2, 0.25) is 5.02 Å². The summed E-state index contributed by atoms with van der Waals surface area (Å²) in [6.45, 7) is 1.85. The van der Waals surface area contributed by atoms with Crippen molar-refractivity contribution in [2.75, 3.05) is 5.73 Å². The molecule has 0 saturated carbocycles. The molecule has 0 aliphatic heterocycles. The smallest absolute Gasteiger partial charge is 0.195 e. The van der Waals surface area contributed by atoms with Crippen LogP contribution in [0.3, 0.4) is 0 Å². The Morgan fingerprint density at radius 1 is 1.20 bits per heavy atom.